The summed E-state index contributed by atoms with van der Waals surface area (Å²) >= 11 is 1.26. The normalized spacial score (nSPS) is 16.0. The second-order valence-corrected chi connectivity index (χ2v) is 6.58. The molecular formula is C16H22N2O3S. The number of carbonyl (C=O) groups is 2. The molecule has 0 bridgehead atoms. The van der Waals surface area contributed by atoms with Gasteiger partial charge in [0.15, 0.2) is 0 Å². The number of thioether (sulfide) groups is 1. The summed E-state index contributed by atoms with van der Waals surface area (Å²) < 4.78 is 5.78. The van der Waals surface area contributed by atoms with Gasteiger partial charge in [0, 0.05) is 17.9 Å². The van der Waals surface area contributed by atoms with Crippen LogP contribution in [0, 0.1) is 0 Å². The lowest BCUT2D eigenvalue weighted by atomic mass is 10.1. The number of ether oxygens (including phenoxy) is 1. The van der Waals surface area contributed by atoms with Crippen LogP contribution in [0.4, 0.5) is 4.79 Å². The van der Waals surface area contributed by atoms with Crippen molar-refractivity contribution in [1.29, 1.82) is 0 Å². The van der Waals surface area contributed by atoms with Gasteiger partial charge in [0.05, 0.1) is 12.1 Å². The van der Waals surface area contributed by atoms with Crippen LogP contribution in [0.3, 0.4) is 0 Å². The van der Waals surface area contributed by atoms with Gasteiger partial charge in [-0.2, -0.15) is 0 Å². The van der Waals surface area contributed by atoms with Crippen molar-refractivity contribution in [3.8, 4) is 5.75 Å². The van der Waals surface area contributed by atoms with E-state index in [-0.39, 0.29) is 29.8 Å². The van der Waals surface area contributed by atoms with Crippen molar-refractivity contribution in [2.75, 3.05) is 18.8 Å². The second kappa shape index (κ2) is 7.54. The maximum atomic E-state index is 12.1. The molecule has 1 aromatic rings. The summed E-state index contributed by atoms with van der Waals surface area (Å²) in [4.78, 5) is 25.2. The zero-order valence-electron chi connectivity index (χ0n) is 13.2. The van der Waals surface area contributed by atoms with Gasteiger partial charge in [-0.3, -0.25) is 9.59 Å². The summed E-state index contributed by atoms with van der Waals surface area (Å²) in [6, 6.07) is 7.51. The topological polar surface area (TPSA) is 58.6 Å². The van der Waals surface area contributed by atoms with Crippen LogP contribution >= 0.6 is 11.8 Å². The Morgan fingerprint density at radius 2 is 2.09 bits per heavy atom. The van der Waals surface area contributed by atoms with Gasteiger partial charge >= 0.3 is 0 Å². The van der Waals surface area contributed by atoms with Gasteiger partial charge in [-0.1, -0.05) is 30.0 Å². The first-order valence-electron chi connectivity index (χ1n) is 7.44. The monoisotopic (exact) mass is 322 g/mol. The van der Waals surface area contributed by atoms with Gasteiger partial charge < -0.3 is 15.0 Å². The SMILES string of the molecule is CC(C)Oc1ccccc1C(C)NC(=O)CN1CCSC1=O. The fraction of sp³-hybridized carbons (Fsp3) is 0.500. The maximum Gasteiger partial charge on any atom is 0.282 e. The van der Waals surface area contributed by atoms with Crippen LogP contribution in [0.1, 0.15) is 32.4 Å². The minimum absolute atomic E-state index is 0.0219. The number of amides is 2. The summed E-state index contributed by atoms with van der Waals surface area (Å²) in [5.74, 6) is 1.38. The van der Waals surface area contributed by atoms with Gasteiger partial charge in [-0.15, -0.1) is 0 Å². The molecule has 5 nitrogen and oxygen atoms in total. The van der Waals surface area contributed by atoms with E-state index in [9.17, 15) is 9.59 Å². The molecule has 1 saturated heterocycles. The Kier molecular flexibility index (Phi) is 5.71. The lowest BCUT2D eigenvalue weighted by Crippen LogP contribution is -2.38. The molecule has 1 atom stereocenters. The molecule has 0 aromatic heterocycles. The zero-order chi connectivity index (χ0) is 16.1. The highest BCUT2D eigenvalue weighted by molar-refractivity contribution is 8.13. The Bertz CT molecular complexity index is 548. The lowest BCUT2D eigenvalue weighted by Gasteiger charge is -2.21. The average Bonchev–Trinajstić information content (AvgIpc) is 2.84. The standard InChI is InChI=1S/C16H22N2O3S/c1-11(2)21-14-7-5-4-6-13(14)12(3)17-15(19)10-18-8-9-22-16(18)20/h4-7,11-12H,8-10H2,1-3H3,(H,17,19). The predicted octanol–water partition coefficient (Wildman–Crippen LogP) is 2.82. The number of nitrogens with one attached hydrogen (secondary N) is 1. The molecule has 0 radical (unpaired) electrons. The first-order chi connectivity index (χ1) is 10.5. The lowest BCUT2D eigenvalue weighted by molar-refractivity contribution is -0.122. The van der Waals surface area contributed by atoms with Crippen LogP contribution < -0.4 is 10.1 Å². The van der Waals surface area contributed by atoms with Crippen LogP contribution in [-0.2, 0) is 4.79 Å². The van der Waals surface area contributed by atoms with Crippen molar-refractivity contribution in [3.05, 3.63) is 29.8 Å². The molecule has 1 heterocycles. The van der Waals surface area contributed by atoms with Gasteiger partial charge in [0.2, 0.25) is 5.91 Å². The highest BCUT2D eigenvalue weighted by atomic mass is 32.2. The molecule has 2 amide bonds. The fourth-order valence-corrected chi connectivity index (χ4v) is 3.13. The van der Waals surface area contributed by atoms with E-state index in [0.717, 1.165) is 17.1 Å². The third-order valence-corrected chi connectivity index (χ3v) is 4.20. The molecule has 1 aromatic carbocycles. The first kappa shape index (κ1) is 16.7. The molecule has 2 rings (SSSR count). The van der Waals surface area contributed by atoms with E-state index in [1.54, 1.807) is 4.90 Å². The van der Waals surface area contributed by atoms with E-state index in [2.05, 4.69) is 5.32 Å². The number of hydrogen-bond acceptors (Lipinski definition) is 4. The van der Waals surface area contributed by atoms with Crippen molar-refractivity contribution in [2.45, 2.75) is 32.9 Å². The van der Waals surface area contributed by atoms with E-state index in [1.807, 2.05) is 45.0 Å². The molecule has 1 unspecified atom stereocenters. The molecular weight excluding hydrogens is 300 g/mol. The third-order valence-electron chi connectivity index (χ3n) is 3.31. The summed E-state index contributed by atoms with van der Waals surface area (Å²) in [7, 11) is 0. The average molecular weight is 322 g/mol. The molecule has 1 N–H and O–H groups in total. The molecule has 0 saturated carbocycles. The van der Waals surface area contributed by atoms with Crippen LogP contribution in [-0.4, -0.2) is 41.0 Å². The van der Waals surface area contributed by atoms with Crippen molar-refractivity contribution in [1.82, 2.24) is 10.2 Å². The number of para-hydroxylation sites is 1. The maximum absolute atomic E-state index is 12.1. The fourth-order valence-electron chi connectivity index (χ4n) is 2.31. The van der Waals surface area contributed by atoms with Crippen molar-refractivity contribution in [3.63, 3.8) is 0 Å². The quantitative estimate of drug-likeness (QED) is 0.875. The summed E-state index contributed by atoms with van der Waals surface area (Å²) in [6.45, 7) is 6.61. The highest BCUT2D eigenvalue weighted by Crippen LogP contribution is 2.26. The van der Waals surface area contributed by atoms with Gasteiger partial charge in [-0.05, 0) is 26.8 Å². The molecule has 22 heavy (non-hydrogen) atoms. The van der Waals surface area contributed by atoms with Gasteiger partial charge in [0.25, 0.3) is 5.24 Å². The van der Waals surface area contributed by atoms with E-state index in [0.29, 0.717) is 6.54 Å². The molecule has 120 valence electrons. The number of rotatable bonds is 6. The Hall–Kier alpha value is -1.69. The van der Waals surface area contributed by atoms with Crippen molar-refractivity contribution in [2.24, 2.45) is 0 Å². The molecule has 0 spiro atoms. The first-order valence-corrected chi connectivity index (χ1v) is 8.42. The number of nitrogens with zero attached hydrogens (tertiary/aromatic N) is 1. The van der Waals surface area contributed by atoms with E-state index >= 15 is 0 Å². The van der Waals surface area contributed by atoms with Crippen LogP contribution in [0.5, 0.6) is 5.75 Å². The third kappa shape index (κ3) is 4.40. The van der Waals surface area contributed by atoms with Crippen molar-refractivity contribution < 1.29 is 14.3 Å². The Morgan fingerprint density at radius 1 is 1.36 bits per heavy atom. The summed E-state index contributed by atoms with van der Waals surface area (Å²) in [5.41, 5.74) is 0.937. The number of hydrogen-bond donors (Lipinski definition) is 1. The highest BCUT2D eigenvalue weighted by Gasteiger charge is 2.24. The second-order valence-electron chi connectivity index (χ2n) is 5.53. The van der Waals surface area contributed by atoms with Gasteiger partial charge in [0.1, 0.15) is 12.3 Å². The minimum Gasteiger partial charge on any atom is -0.491 e. The van der Waals surface area contributed by atoms with Crippen LogP contribution in [0.15, 0.2) is 24.3 Å². The van der Waals surface area contributed by atoms with Crippen molar-refractivity contribution >= 4 is 22.9 Å². The molecule has 6 heteroatoms. The largest absolute Gasteiger partial charge is 0.491 e. The Morgan fingerprint density at radius 3 is 2.73 bits per heavy atom. The summed E-state index contributed by atoms with van der Waals surface area (Å²) in [6.07, 6.45) is 0.0725. The van der Waals surface area contributed by atoms with E-state index < -0.39 is 0 Å². The molecule has 1 fully saturated rings. The van der Waals surface area contributed by atoms with Crippen LogP contribution in [0.25, 0.3) is 0 Å². The van der Waals surface area contributed by atoms with E-state index in [4.69, 9.17) is 4.74 Å². The predicted molar refractivity (Wildman–Crippen MR) is 88.2 cm³/mol. The summed E-state index contributed by atoms with van der Waals surface area (Å²) in [5, 5.41) is 2.91. The molecule has 1 aliphatic heterocycles. The Labute approximate surface area is 135 Å². The van der Waals surface area contributed by atoms with Gasteiger partial charge in [-0.25, -0.2) is 0 Å². The number of benzene rings is 1. The minimum atomic E-state index is -0.173. The molecule has 1 aliphatic rings. The Balaban J connectivity index is 1.98. The number of carbonyl (C=O) groups excluding carboxylic acids is 2. The zero-order valence-corrected chi connectivity index (χ0v) is 14.0. The van der Waals surface area contributed by atoms with E-state index in [1.165, 1.54) is 11.8 Å². The van der Waals surface area contributed by atoms with Crippen LogP contribution in [0.2, 0.25) is 0 Å². The smallest absolute Gasteiger partial charge is 0.282 e. The molecule has 0 aliphatic carbocycles.